The summed E-state index contributed by atoms with van der Waals surface area (Å²) in [4.78, 5) is 17.6. The molecule has 4 aromatic rings. The van der Waals surface area contributed by atoms with Crippen LogP contribution in [0.4, 0.5) is 5.82 Å². The number of aryl methyl sites for hydroxylation is 2. The maximum atomic E-state index is 12.8. The van der Waals surface area contributed by atoms with E-state index in [0.717, 1.165) is 22.0 Å². The number of hydrogen-bond donors (Lipinski definition) is 1. The third kappa shape index (κ3) is 4.13. The molecule has 1 amide bonds. The van der Waals surface area contributed by atoms with Gasteiger partial charge in [-0.1, -0.05) is 29.8 Å². The minimum Gasteiger partial charge on any atom is -0.481 e. The van der Waals surface area contributed by atoms with Gasteiger partial charge in [0.2, 0.25) is 0 Å². The molecule has 1 N–H and O–H groups in total. The first-order valence-corrected chi connectivity index (χ1v) is 10.3. The number of carbonyl (C=O) groups excluding carboxylic acids is 1. The molecular formula is C24H20ClN5O2. The van der Waals surface area contributed by atoms with Crippen LogP contribution in [0.1, 0.15) is 23.6 Å². The lowest BCUT2D eigenvalue weighted by Gasteiger charge is -2.16. The number of amides is 1. The molecule has 32 heavy (non-hydrogen) atoms. The third-order valence-corrected chi connectivity index (χ3v) is 5.33. The van der Waals surface area contributed by atoms with Crippen molar-refractivity contribution >= 4 is 34.2 Å². The second-order valence-electron chi connectivity index (χ2n) is 7.40. The predicted molar refractivity (Wildman–Crippen MR) is 123 cm³/mol. The molecule has 2 aromatic heterocycles. The Hall–Kier alpha value is -3.89. The molecule has 4 rings (SSSR count). The van der Waals surface area contributed by atoms with Gasteiger partial charge in [-0.25, -0.2) is 4.98 Å². The van der Waals surface area contributed by atoms with Crippen molar-refractivity contribution < 1.29 is 9.53 Å². The maximum absolute atomic E-state index is 12.8. The minimum absolute atomic E-state index is 0.223. The third-order valence-electron chi connectivity index (χ3n) is 5.08. The van der Waals surface area contributed by atoms with Gasteiger partial charge in [0.05, 0.1) is 11.7 Å². The molecule has 2 aromatic carbocycles. The molecule has 0 saturated carbocycles. The monoisotopic (exact) mass is 445 g/mol. The Labute approximate surface area is 190 Å². The number of carbonyl (C=O) groups is 1. The zero-order chi connectivity index (χ0) is 22.8. The lowest BCUT2D eigenvalue weighted by Crippen LogP contribution is -2.31. The lowest BCUT2D eigenvalue weighted by molar-refractivity contribution is -0.122. The van der Waals surface area contributed by atoms with Gasteiger partial charge in [-0.2, -0.15) is 15.0 Å². The zero-order valence-corrected chi connectivity index (χ0v) is 18.5. The molecule has 0 fully saturated rings. The molecule has 0 aliphatic carbocycles. The number of para-hydroxylation sites is 1. The van der Waals surface area contributed by atoms with Crippen molar-refractivity contribution in [1.29, 1.82) is 5.26 Å². The Morgan fingerprint density at radius 2 is 1.94 bits per heavy atom. The molecule has 8 heteroatoms. The molecule has 0 aliphatic rings. The summed E-state index contributed by atoms with van der Waals surface area (Å²) < 4.78 is 7.16. The van der Waals surface area contributed by atoms with E-state index in [0.29, 0.717) is 16.6 Å². The van der Waals surface area contributed by atoms with Crippen LogP contribution in [0.25, 0.3) is 16.7 Å². The number of nitriles is 1. The van der Waals surface area contributed by atoms with Gasteiger partial charge < -0.3 is 10.1 Å². The van der Waals surface area contributed by atoms with E-state index < -0.39 is 12.0 Å². The number of nitrogens with one attached hydrogen (secondary N) is 1. The molecule has 2 heterocycles. The van der Waals surface area contributed by atoms with Gasteiger partial charge in [0.25, 0.3) is 5.91 Å². The summed E-state index contributed by atoms with van der Waals surface area (Å²) in [6.45, 7) is 5.60. The summed E-state index contributed by atoms with van der Waals surface area (Å²) in [6.07, 6.45) is 0.582. The minimum atomic E-state index is -0.820. The van der Waals surface area contributed by atoms with Gasteiger partial charge in [-0.3, -0.25) is 4.79 Å². The van der Waals surface area contributed by atoms with Crippen LogP contribution in [0.5, 0.6) is 5.75 Å². The highest BCUT2D eigenvalue weighted by atomic mass is 35.5. The fraction of sp³-hybridized carbons (Fsp3) is 0.167. The first-order valence-electron chi connectivity index (χ1n) is 9.96. The lowest BCUT2D eigenvalue weighted by atomic mass is 10.1. The number of benzene rings is 2. The summed E-state index contributed by atoms with van der Waals surface area (Å²) in [6, 6.07) is 16.7. The van der Waals surface area contributed by atoms with Crippen molar-refractivity contribution in [3.63, 3.8) is 0 Å². The van der Waals surface area contributed by atoms with Crippen LogP contribution in [0, 0.1) is 25.2 Å². The van der Waals surface area contributed by atoms with E-state index in [9.17, 15) is 10.1 Å². The Bertz CT molecular complexity index is 1360. The molecule has 0 aliphatic heterocycles. The van der Waals surface area contributed by atoms with E-state index in [-0.39, 0.29) is 11.4 Å². The highest BCUT2D eigenvalue weighted by molar-refractivity contribution is 6.30. The smallest absolute Gasteiger partial charge is 0.266 e. The summed E-state index contributed by atoms with van der Waals surface area (Å²) in [7, 11) is 0. The van der Waals surface area contributed by atoms with Crippen molar-refractivity contribution in [2.45, 2.75) is 26.9 Å². The normalized spacial score (nSPS) is 11.7. The summed E-state index contributed by atoms with van der Waals surface area (Å²) in [5.41, 5.74) is 3.10. The topological polar surface area (TPSA) is 92.8 Å². The van der Waals surface area contributed by atoms with Gasteiger partial charge in [0.1, 0.15) is 17.4 Å². The number of hydrogen-bond acceptors (Lipinski definition) is 5. The molecule has 7 nitrogen and oxygen atoms in total. The van der Waals surface area contributed by atoms with Crippen LogP contribution in [0.3, 0.4) is 0 Å². The van der Waals surface area contributed by atoms with Crippen molar-refractivity contribution in [1.82, 2.24) is 14.8 Å². The number of aromatic nitrogens is 3. The number of fused-ring (bicyclic) bond motifs is 1. The van der Waals surface area contributed by atoms with Crippen LogP contribution in [0.2, 0.25) is 5.02 Å². The molecule has 0 saturated heterocycles. The molecule has 1 atom stereocenters. The quantitative estimate of drug-likeness (QED) is 0.468. The molecule has 0 radical (unpaired) electrons. The van der Waals surface area contributed by atoms with E-state index in [1.165, 1.54) is 10.9 Å². The number of nitrogens with zero attached hydrogens (tertiary/aromatic N) is 4. The van der Waals surface area contributed by atoms with Crippen LogP contribution in [0.15, 0.2) is 54.7 Å². The Balaban J connectivity index is 1.66. The number of halogens is 1. The Morgan fingerprint density at radius 3 is 2.66 bits per heavy atom. The van der Waals surface area contributed by atoms with Crippen LogP contribution >= 0.6 is 11.6 Å². The summed E-state index contributed by atoms with van der Waals surface area (Å²) in [5.74, 6) is 0.830. The highest BCUT2D eigenvalue weighted by Crippen LogP contribution is 2.25. The molecular weight excluding hydrogens is 426 g/mol. The predicted octanol–water partition coefficient (Wildman–Crippen LogP) is 4.97. The Morgan fingerprint density at radius 1 is 1.19 bits per heavy atom. The van der Waals surface area contributed by atoms with Crippen molar-refractivity contribution in [3.8, 4) is 17.6 Å². The molecule has 160 valence electrons. The average molecular weight is 446 g/mol. The second-order valence-corrected chi connectivity index (χ2v) is 7.84. The molecule has 0 spiro atoms. The standard InChI is InChI=1S/C24H20ClN5O2/c1-14-5-4-6-20-15(2)11-21(28-22(14)20)30-23(17(12-26)13-27-30)29-24(31)16(3)32-19-9-7-18(25)8-10-19/h4-11,13,16H,1-3H3,(H,29,31). The van der Waals surface area contributed by atoms with E-state index in [2.05, 4.69) is 16.5 Å². The first kappa shape index (κ1) is 21.3. The SMILES string of the molecule is Cc1cc(-n2ncc(C#N)c2NC(=O)C(C)Oc2ccc(Cl)cc2)nc2c(C)cccc12. The van der Waals surface area contributed by atoms with Crippen molar-refractivity contribution in [2.75, 3.05) is 5.32 Å². The number of pyridine rings is 1. The van der Waals surface area contributed by atoms with E-state index >= 15 is 0 Å². The fourth-order valence-corrected chi connectivity index (χ4v) is 3.49. The summed E-state index contributed by atoms with van der Waals surface area (Å²) >= 11 is 5.89. The van der Waals surface area contributed by atoms with Gasteiger partial charge in [0.15, 0.2) is 17.7 Å². The van der Waals surface area contributed by atoms with Crippen molar-refractivity contribution in [3.05, 3.63) is 76.4 Å². The van der Waals surface area contributed by atoms with E-state index in [1.807, 2.05) is 38.1 Å². The number of ether oxygens (including phenoxy) is 1. The van der Waals surface area contributed by atoms with Gasteiger partial charge in [-0.05, 0) is 62.2 Å². The molecule has 0 bridgehead atoms. The summed E-state index contributed by atoms with van der Waals surface area (Å²) in [5, 5.41) is 18.2. The van der Waals surface area contributed by atoms with Crippen molar-refractivity contribution in [2.24, 2.45) is 0 Å². The van der Waals surface area contributed by atoms with Crippen LogP contribution in [-0.4, -0.2) is 26.8 Å². The van der Waals surface area contributed by atoms with Gasteiger partial charge in [-0.15, -0.1) is 0 Å². The van der Waals surface area contributed by atoms with Gasteiger partial charge >= 0.3 is 0 Å². The van der Waals surface area contributed by atoms with Crippen LogP contribution in [-0.2, 0) is 4.79 Å². The first-order chi connectivity index (χ1) is 15.4. The number of rotatable bonds is 5. The average Bonchev–Trinajstić information content (AvgIpc) is 3.18. The number of anilines is 1. The van der Waals surface area contributed by atoms with E-state index in [4.69, 9.17) is 21.3 Å². The Kier molecular flexibility index (Phi) is 5.80. The zero-order valence-electron chi connectivity index (χ0n) is 17.8. The van der Waals surface area contributed by atoms with E-state index in [1.54, 1.807) is 31.2 Å². The highest BCUT2D eigenvalue weighted by Gasteiger charge is 2.21. The second kappa shape index (κ2) is 8.69. The van der Waals surface area contributed by atoms with Gasteiger partial charge in [0, 0.05) is 10.4 Å². The fourth-order valence-electron chi connectivity index (χ4n) is 3.37. The maximum Gasteiger partial charge on any atom is 0.266 e. The molecule has 1 unspecified atom stereocenters. The largest absolute Gasteiger partial charge is 0.481 e. The van der Waals surface area contributed by atoms with Crippen LogP contribution < -0.4 is 10.1 Å².